The number of aryl methyl sites for hydroxylation is 1. The van der Waals surface area contributed by atoms with E-state index in [0.29, 0.717) is 12.3 Å². The fraction of sp³-hybridized carbons (Fsp3) is 0.250. The van der Waals surface area contributed by atoms with Crippen LogP contribution in [-0.4, -0.2) is 17.6 Å². The number of H-pyrrole nitrogens is 1. The van der Waals surface area contributed by atoms with Gasteiger partial charge in [0, 0.05) is 17.6 Å². The lowest BCUT2D eigenvalue weighted by Crippen LogP contribution is -2.13. The molecule has 0 saturated carbocycles. The van der Waals surface area contributed by atoms with E-state index in [0.717, 1.165) is 11.3 Å². The molecule has 0 amide bonds. The Morgan fingerprint density at radius 3 is 2.88 bits per heavy atom. The van der Waals surface area contributed by atoms with Crippen LogP contribution in [-0.2, 0) is 9.53 Å². The molecule has 0 saturated heterocycles. The van der Waals surface area contributed by atoms with Crippen LogP contribution in [0.2, 0.25) is 0 Å². The Kier molecular flexibility index (Phi) is 3.94. The first-order valence-electron chi connectivity index (χ1n) is 5.03. The molecular formula is C12H16N2O2. The number of hydrogen-bond acceptors (Lipinski definition) is 3. The molecule has 0 fully saturated rings. The molecule has 1 aromatic heterocycles. The fourth-order valence-corrected chi connectivity index (χ4v) is 1.19. The van der Waals surface area contributed by atoms with E-state index in [9.17, 15) is 4.79 Å². The minimum Gasteiger partial charge on any atom is -0.462 e. The van der Waals surface area contributed by atoms with Gasteiger partial charge in [-0.2, -0.15) is 0 Å². The van der Waals surface area contributed by atoms with E-state index in [-0.39, 0.29) is 5.57 Å². The van der Waals surface area contributed by atoms with Gasteiger partial charge in [-0.15, -0.1) is 0 Å². The second kappa shape index (κ2) is 5.21. The number of esters is 1. The third-order valence-corrected chi connectivity index (χ3v) is 2.17. The van der Waals surface area contributed by atoms with Crippen molar-refractivity contribution in [3.8, 4) is 0 Å². The second-order valence-corrected chi connectivity index (χ2v) is 3.37. The molecule has 0 aromatic carbocycles. The van der Waals surface area contributed by atoms with Crippen LogP contribution < -0.4 is 5.73 Å². The lowest BCUT2D eigenvalue weighted by Gasteiger charge is -2.05. The average molecular weight is 220 g/mol. The number of aromatic nitrogens is 1. The molecular weight excluding hydrogens is 204 g/mol. The lowest BCUT2D eigenvalue weighted by atomic mass is 10.1. The van der Waals surface area contributed by atoms with E-state index in [1.165, 1.54) is 0 Å². The van der Waals surface area contributed by atoms with Gasteiger partial charge in [-0.25, -0.2) is 4.79 Å². The Hall–Kier alpha value is -1.97. The van der Waals surface area contributed by atoms with Crippen LogP contribution in [0.15, 0.2) is 30.1 Å². The minimum absolute atomic E-state index is 0.177. The summed E-state index contributed by atoms with van der Waals surface area (Å²) < 4.78 is 4.80. The molecule has 3 N–H and O–H groups in total. The van der Waals surface area contributed by atoms with Gasteiger partial charge in [-0.05, 0) is 31.6 Å². The number of carbonyl (C=O) groups is 1. The molecule has 86 valence electrons. The summed E-state index contributed by atoms with van der Waals surface area (Å²) >= 11 is 0. The molecule has 0 aliphatic rings. The monoisotopic (exact) mass is 220 g/mol. The molecule has 0 bridgehead atoms. The van der Waals surface area contributed by atoms with E-state index in [1.54, 1.807) is 13.0 Å². The lowest BCUT2D eigenvalue weighted by molar-refractivity contribution is -0.138. The second-order valence-electron chi connectivity index (χ2n) is 3.37. The number of ether oxygens (including phenoxy) is 1. The summed E-state index contributed by atoms with van der Waals surface area (Å²) in [6.45, 7) is 7.60. The van der Waals surface area contributed by atoms with Gasteiger partial charge in [0.15, 0.2) is 0 Å². The van der Waals surface area contributed by atoms with Crippen LogP contribution in [0.4, 0.5) is 0 Å². The SMILES string of the molecule is C=C(C(=O)OCC)/C(N)=C\c1[nH]ccc1C. The molecule has 4 nitrogen and oxygen atoms in total. The first-order valence-corrected chi connectivity index (χ1v) is 5.03. The summed E-state index contributed by atoms with van der Waals surface area (Å²) in [5, 5.41) is 0. The molecule has 1 aromatic rings. The maximum atomic E-state index is 11.3. The summed E-state index contributed by atoms with van der Waals surface area (Å²) in [6, 6.07) is 1.92. The standard InChI is InChI=1S/C12H16N2O2/c1-4-16-12(15)9(3)10(13)7-11-8(2)5-6-14-11/h5-7,14H,3-4,13H2,1-2H3/b10-7+. The summed E-state index contributed by atoms with van der Waals surface area (Å²) in [6.07, 6.45) is 3.48. The summed E-state index contributed by atoms with van der Waals surface area (Å²) in [5.74, 6) is -0.486. The Labute approximate surface area is 94.8 Å². The molecule has 0 aliphatic carbocycles. The fourth-order valence-electron chi connectivity index (χ4n) is 1.19. The Bertz CT molecular complexity index is 430. The van der Waals surface area contributed by atoms with E-state index in [1.807, 2.05) is 19.2 Å². The van der Waals surface area contributed by atoms with Crippen molar-refractivity contribution in [1.29, 1.82) is 0 Å². The Morgan fingerprint density at radius 2 is 2.38 bits per heavy atom. The molecule has 16 heavy (non-hydrogen) atoms. The van der Waals surface area contributed by atoms with Gasteiger partial charge in [-0.3, -0.25) is 0 Å². The van der Waals surface area contributed by atoms with Crippen molar-refractivity contribution in [2.24, 2.45) is 5.73 Å². The molecule has 1 heterocycles. The third kappa shape index (κ3) is 2.76. The van der Waals surface area contributed by atoms with Gasteiger partial charge in [-0.1, -0.05) is 6.58 Å². The number of carbonyl (C=O) groups excluding carboxylic acids is 1. The number of nitrogens with two attached hydrogens (primary N) is 1. The number of hydrogen-bond donors (Lipinski definition) is 2. The van der Waals surface area contributed by atoms with E-state index >= 15 is 0 Å². The normalized spacial score (nSPS) is 11.2. The Morgan fingerprint density at radius 1 is 1.69 bits per heavy atom. The van der Waals surface area contributed by atoms with E-state index in [2.05, 4.69) is 11.6 Å². The molecule has 0 spiro atoms. The zero-order valence-electron chi connectivity index (χ0n) is 9.54. The molecule has 1 rings (SSSR count). The van der Waals surface area contributed by atoms with Gasteiger partial charge >= 0.3 is 5.97 Å². The Balaban J connectivity index is 2.82. The largest absolute Gasteiger partial charge is 0.462 e. The van der Waals surface area contributed by atoms with E-state index < -0.39 is 5.97 Å². The van der Waals surface area contributed by atoms with Crippen LogP contribution in [0.5, 0.6) is 0 Å². The molecule has 0 atom stereocenters. The highest BCUT2D eigenvalue weighted by molar-refractivity contribution is 5.93. The van der Waals surface area contributed by atoms with Crippen LogP contribution in [0.1, 0.15) is 18.2 Å². The molecule has 4 heteroatoms. The first kappa shape index (κ1) is 12.1. The number of rotatable bonds is 4. The predicted molar refractivity (Wildman–Crippen MR) is 63.5 cm³/mol. The van der Waals surface area contributed by atoms with Crippen molar-refractivity contribution in [2.75, 3.05) is 6.61 Å². The summed E-state index contributed by atoms with van der Waals surface area (Å²) in [7, 11) is 0. The summed E-state index contributed by atoms with van der Waals surface area (Å²) in [5.41, 5.74) is 8.15. The maximum absolute atomic E-state index is 11.3. The first-order chi connectivity index (χ1) is 7.56. The molecule has 0 radical (unpaired) electrons. The van der Waals surface area contributed by atoms with Crippen molar-refractivity contribution >= 4 is 12.0 Å². The van der Waals surface area contributed by atoms with Crippen LogP contribution in [0.25, 0.3) is 6.08 Å². The van der Waals surface area contributed by atoms with Gasteiger partial charge in [0.2, 0.25) is 0 Å². The summed E-state index contributed by atoms with van der Waals surface area (Å²) in [4.78, 5) is 14.4. The maximum Gasteiger partial charge on any atom is 0.339 e. The topological polar surface area (TPSA) is 68.1 Å². The van der Waals surface area contributed by atoms with Crippen molar-refractivity contribution in [3.05, 3.63) is 41.4 Å². The number of nitrogens with one attached hydrogen (secondary N) is 1. The van der Waals surface area contributed by atoms with Crippen molar-refractivity contribution in [1.82, 2.24) is 4.98 Å². The molecule has 0 unspecified atom stereocenters. The minimum atomic E-state index is -0.486. The van der Waals surface area contributed by atoms with Gasteiger partial charge in [0.05, 0.1) is 12.2 Å². The zero-order valence-corrected chi connectivity index (χ0v) is 9.54. The van der Waals surface area contributed by atoms with Crippen LogP contribution in [0.3, 0.4) is 0 Å². The van der Waals surface area contributed by atoms with Gasteiger partial charge in [0.1, 0.15) is 0 Å². The van der Waals surface area contributed by atoms with Crippen LogP contribution >= 0.6 is 0 Å². The third-order valence-electron chi connectivity index (χ3n) is 2.17. The molecule has 0 aliphatic heterocycles. The predicted octanol–water partition coefficient (Wildman–Crippen LogP) is 1.74. The smallest absolute Gasteiger partial charge is 0.339 e. The van der Waals surface area contributed by atoms with Crippen molar-refractivity contribution in [3.63, 3.8) is 0 Å². The zero-order chi connectivity index (χ0) is 12.1. The highest BCUT2D eigenvalue weighted by Gasteiger charge is 2.10. The van der Waals surface area contributed by atoms with Crippen LogP contribution in [0, 0.1) is 6.92 Å². The average Bonchev–Trinajstić information content (AvgIpc) is 2.63. The highest BCUT2D eigenvalue weighted by Crippen LogP contribution is 2.12. The van der Waals surface area contributed by atoms with Gasteiger partial charge < -0.3 is 15.5 Å². The highest BCUT2D eigenvalue weighted by atomic mass is 16.5. The van der Waals surface area contributed by atoms with E-state index in [4.69, 9.17) is 10.5 Å². The van der Waals surface area contributed by atoms with Crippen molar-refractivity contribution in [2.45, 2.75) is 13.8 Å². The van der Waals surface area contributed by atoms with Crippen molar-refractivity contribution < 1.29 is 9.53 Å². The number of aromatic amines is 1. The van der Waals surface area contributed by atoms with Gasteiger partial charge in [0.25, 0.3) is 0 Å². The quantitative estimate of drug-likeness (QED) is 0.461.